The van der Waals surface area contributed by atoms with E-state index < -0.39 is 5.97 Å². The van der Waals surface area contributed by atoms with Crippen LogP contribution in [0.15, 0.2) is 36.9 Å². The van der Waals surface area contributed by atoms with Crippen LogP contribution in [0.25, 0.3) is 0 Å². The lowest BCUT2D eigenvalue weighted by atomic mass is 10.2. The van der Waals surface area contributed by atoms with Crippen molar-refractivity contribution in [1.29, 1.82) is 0 Å². The molecule has 1 aromatic carbocycles. The van der Waals surface area contributed by atoms with E-state index in [1.807, 2.05) is 6.08 Å². The van der Waals surface area contributed by atoms with Crippen molar-refractivity contribution in [2.75, 3.05) is 32.9 Å². The topological polar surface area (TPSA) is 67.8 Å². The van der Waals surface area contributed by atoms with Gasteiger partial charge in [0, 0.05) is 13.1 Å². The second-order valence-corrected chi connectivity index (χ2v) is 4.09. The summed E-state index contributed by atoms with van der Waals surface area (Å²) >= 11 is 0. The minimum absolute atomic E-state index is 0.181. The predicted octanol–water partition coefficient (Wildman–Crippen LogP) is 1.95. The van der Waals surface area contributed by atoms with E-state index in [0.717, 1.165) is 13.0 Å². The van der Waals surface area contributed by atoms with E-state index >= 15 is 0 Å². The Labute approximate surface area is 119 Å². The maximum absolute atomic E-state index is 11.0. The van der Waals surface area contributed by atoms with Gasteiger partial charge in [-0.1, -0.05) is 18.2 Å². The zero-order chi connectivity index (χ0) is 14.6. The van der Waals surface area contributed by atoms with Crippen LogP contribution in [0, 0.1) is 0 Å². The molecule has 0 aliphatic carbocycles. The molecule has 0 amide bonds. The zero-order valence-electron chi connectivity index (χ0n) is 11.5. The minimum Gasteiger partial charge on any atom is -0.491 e. The number of benzene rings is 1. The van der Waals surface area contributed by atoms with Crippen molar-refractivity contribution in [2.45, 2.75) is 6.42 Å². The van der Waals surface area contributed by atoms with Crippen LogP contribution in [0.5, 0.6) is 5.75 Å². The van der Waals surface area contributed by atoms with Crippen LogP contribution in [-0.4, -0.2) is 44.0 Å². The molecule has 0 radical (unpaired) electrons. The Hall–Kier alpha value is -1.85. The monoisotopic (exact) mass is 279 g/mol. The number of hydrogen-bond donors (Lipinski definition) is 2. The number of carboxylic acid groups (broad SMARTS) is 1. The van der Waals surface area contributed by atoms with E-state index in [9.17, 15) is 4.79 Å². The molecule has 0 heterocycles. The highest BCUT2D eigenvalue weighted by atomic mass is 16.5. The second-order valence-electron chi connectivity index (χ2n) is 4.09. The first-order valence-electron chi connectivity index (χ1n) is 6.60. The lowest BCUT2D eigenvalue weighted by Crippen LogP contribution is -2.25. The summed E-state index contributed by atoms with van der Waals surface area (Å²) in [6, 6.07) is 6.61. The fraction of sp³-hybridized carbons (Fsp3) is 0.400. The molecule has 0 aromatic heterocycles. The summed E-state index contributed by atoms with van der Waals surface area (Å²) in [5.74, 6) is -0.590. The molecule has 0 aliphatic heterocycles. The Bertz CT molecular complexity index is 420. The number of carbonyl (C=O) groups is 1. The summed E-state index contributed by atoms with van der Waals surface area (Å²) < 4.78 is 10.8. The van der Waals surface area contributed by atoms with Crippen molar-refractivity contribution in [3.05, 3.63) is 42.5 Å². The minimum atomic E-state index is -0.982. The molecule has 1 rings (SSSR count). The van der Waals surface area contributed by atoms with Crippen molar-refractivity contribution < 1.29 is 19.4 Å². The van der Waals surface area contributed by atoms with Gasteiger partial charge in [-0.05, 0) is 18.6 Å². The fourth-order valence-electron chi connectivity index (χ4n) is 1.54. The van der Waals surface area contributed by atoms with E-state index in [4.69, 9.17) is 14.6 Å². The van der Waals surface area contributed by atoms with Crippen LogP contribution in [0.2, 0.25) is 0 Å². The summed E-state index contributed by atoms with van der Waals surface area (Å²) in [5.41, 5.74) is 0.181. The molecule has 0 saturated carbocycles. The average Bonchev–Trinajstić information content (AvgIpc) is 2.46. The quantitative estimate of drug-likeness (QED) is 0.478. The van der Waals surface area contributed by atoms with Gasteiger partial charge in [-0.3, -0.25) is 0 Å². The van der Waals surface area contributed by atoms with Gasteiger partial charge in [0.25, 0.3) is 0 Å². The predicted molar refractivity (Wildman–Crippen MR) is 77.4 cm³/mol. The molecule has 2 N–H and O–H groups in total. The van der Waals surface area contributed by atoms with Crippen LogP contribution in [0.3, 0.4) is 0 Å². The third kappa shape index (κ3) is 6.36. The van der Waals surface area contributed by atoms with Crippen LogP contribution in [0.4, 0.5) is 0 Å². The Balaban J connectivity index is 2.12. The Morgan fingerprint density at radius 3 is 2.75 bits per heavy atom. The van der Waals surface area contributed by atoms with Gasteiger partial charge in [-0.15, -0.1) is 6.58 Å². The van der Waals surface area contributed by atoms with Crippen molar-refractivity contribution in [1.82, 2.24) is 5.32 Å². The molecule has 5 heteroatoms. The van der Waals surface area contributed by atoms with Gasteiger partial charge in [-0.25, -0.2) is 4.79 Å². The molecule has 0 unspecified atom stereocenters. The molecule has 5 nitrogen and oxygen atoms in total. The number of para-hydroxylation sites is 1. The summed E-state index contributed by atoms with van der Waals surface area (Å²) in [7, 11) is 0. The number of nitrogens with one attached hydrogen (secondary N) is 1. The lowest BCUT2D eigenvalue weighted by Gasteiger charge is -2.09. The van der Waals surface area contributed by atoms with Gasteiger partial charge >= 0.3 is 5.97 Å². The lowest BCUT2D eigenvalue weighted by molar-refractivity contribution is 0.0692. The fourth-order valence-corrected chi connectivity index (χ4v) is 1.54. The van der Waals surface area contributed by atoms with Crippen molar-refractivity contribution in [3.63, 3.8) is 0 Å². The molecular weight excluding hydrogens is 258 g/mol. The maximum Gasteiger partial charge on any atom is 0.339 e. The first-order chi connectivity index (χ1) is 9.75. The highest BCUT2D eigenvalue weighted by Gasteiger charge is 2.09. The Morgan fingerprint density at radius 2 is 2.00 bits per heavy atom. The number of carboxylic acids is 1. The summed E-state index contributed by atoms with van der Waals surface area (Å²) in [6.45, 7) is 6.73. The Kier molecular flexibility index (Phi) is 8.10. The van der Waals surface area contributed by atoms with Crippen LogP contribution in [-0.2, 0) is 4.74 Å². The van der Waals surface area contributed by atoms with Gasteiger partial charge in [0.2, 0.25) is 0 Å². The van der Waals surface area contributed by atoms with Gasteiger partial charge < -0.3 is 19.9 Å². The van der Waals surface area contributed by atoms with Gasteiger partial charge in [0.15, 0.2) is 0 Å². The van der Waals surface area contributed by atoms with Crippen LogP contribution in [0.1, 0.15) is 16.8 Å². The molecule has 110 valence electrons. The zero-order valence-corrected chi connectivity index (χ0v) is 11.5. The normalized spacial score (nSPS) is 10.2. The number of ether oxygens (including phenoxy) is 2. The van der Waals surface area contributed by atoms with Crippen molar-refractivity contribution >= 4 is 5.97 Å². The maximum atomic E-state index is 11.0. The summed E-state index contributed by atoms with van der Waals surface area (Å²) in [4.78, 5) is 11.0. The summed E-state index contributed by atoms with van der Waals surface area (Å²) in [6.07, 6.45) is 2.68. The second kappa shape index (κ2) is 10.00. The molecule has 0 atom stereocenters. The molecule has 0 fully saturated rings. The standard InChI is InChI=1S/C15H21NO4/c1-2-3-10-19-11-8-16-9-12-20-14-7-5-4-6-13(14)15(17)18/h2,4-7,16H,1,3,8-12H2,(H,17,18). The molecular formula is C15H21NO4. The van der Waals surface area contributed by atoms with Crippen LogP contribution >= 0.6 is 0 Å². The third-order valence-electron chi connectivity index (χ3n) is 2.54. The molecule has 0 saturated heterocycles. The van der Waals surface area contributed by atoms with Crippen molar-refractivity contribution in [3.8, 4) is 5.75 Å². The molecule has 1 aromatic rings. The highest BCUT2D eigenvalue weighted by molar-refractivity contribution is 5.90. The van der Waals surface area contributed by atoms with E-state index in [0.29, 0.717) is 32.1 Å². The first kappa shape index (κ1) is 16.2. The van der Waals surface area contributed by atoms with Crippen LogP contribution < -0.4 is 10.1 Å². The highest BCUT2D eigenvalue weighted by Crippen LogP contribution is 2.17. The van der Waals surface area contributed by atoms with E-state index in [-0.39, 0.29) is 5.56 Å². The smallest absolute Gasteiger partial charge is 0.339 e. The molecule has 0 bridgehead atoms. The van der Waals surface area contributed by atoms with E-state index in [1.54, 1.807) is 18.2 Å². The van der Waals surface area contributed by atoms with Crippen molar-refractivity contribution in [2.24, 2.45) is 0 Å². The largest absolute Gasteiger partial charge is 0.491 e. The molecule has 0 spiro atoms. The van der Waals surface area contributed by atoms with Gasteiger partial charge in [-0.2, -0.15) is 0 Å². The third-order valence-corrected chi connectivity index (χ3v) is 2.54. The SMILES string of the molecule is C=CCCOCCNCCOc1ccccc1C(=O)O. The van der Waals surface area contributed by atoms with E-state index in [2.05, 4.69) is 11.9 Å². The Morgan fingerprint density at radius 1 is 1.25 bits per heavy atom. The van der Waals surface area contributed by atoms with E-state index in [1.165, 1.54) is 6.07 Å². The number of rotatable bonds is 11. The average molecular weight is 279 g/mol. The van der Waals surface area contributed by atoms with Gasteiger partial charge in [0.1, 0.15) is 17.9 Å². The molecule has 20 heavy (non-hydrogen) atoms. The first-order valence-corrected chi connectivity index (χ1v) is 6.60. The number of aromatic carboxylic acids is 1. The molecule has 0 aliphatic rings. The van der Waals surface area contributed by atoms with Gasteiger partial charge in [0.05, 0.1) is 13.2 Å². The number of hydrogen-bond acceptors (Lipinski definition) is 4. The summed E-state index contributed by atoms with van der Waals surface area (Å²) in [5, 5.41) is 12.1.